The normalized spacial score (nSPS) is 18.5. The SMILES string of the molecule is C[N+]([O-])(CC[N+]([O-])(O)CC[N+](C)(C(P(=O)(O)O)P(=O)(O)O)C(P(=O)(O)O)P(=O)(O)O)C(P(=O)(O)O)P(=O)(O)O. The summed E-state index contributed by atoms with van der Waals surface area (Å²) in [5.41, 5.74) is -10.6. The van der Waals surface area contributed by atoms with Crippen LogP contribution in [0.2, 0.25) is 0 Å². The van der Waals surface area contributed by atoms with Crippen LogP contribution in [0, 0.1) is 10.4 Å². The second kappa shape index (κ2) is 12.0. The molecule has 13 N–H and O–H groups in total. The summed E-state index contributed by atoms with van der Waals surface area (Å²) < 4.78 is 65.6. The molecule has 0 spiro atoms. The third-order valence-electron chi connectivity index (χ3n) is 5.17. The molecule has 0 aliphatic heterocycles. The average Bonchev–Trinajstić information content (AvgIpc) is 2.49. The summed E-state index contributed by atoms with van der Waals surface area (Å²) in [5, 5.41) is 35.2. The Bertz CT molecular complexity index is 1050. The van der Waals surface area contributed by atoms with Crippen LogP contribution < -0.4 is 0 Å². The van der Waals surface area contributed by atoms with Crippen molar-refractivity contribution < 1.29 is 105 Å². The smallest absolute Gasteiger partial charge is 0.395 e. The molecule has 0 aliphatic carbocycles. The van der Waals surface area contributed by atoms with Gasteiger partial charge in [0.05, 0.1) is 14.1 Å². The van der Waals surface area contributed by atoms with E-state index in [4.69, 9.17) is 0 Å². The molecule has 39 heavy (non-hydrogen) atoms. The van der Waals surface area contributed by atoms with Crippen LogP contribution in [0.25, 0.3) is 0 Å². The Morgan fingerprint density at radius 1 is 0.487 bits per heavy atom. The summed E-state index contributed by atoms with van der Waals surface area (Å²) in [5.74, 6) is 0. The zero-order valence-corrected chi connectivity index (χ0v) is 25.0. The fourth-order valence-corrected chi connectivity index (χ4v) is 14.3. The first-order valence-electron chi connectivity index (χ1n) is 9.54. The molecule has 0 fully saturated rings. The minimum absolute atomic E-state index is 0.136. The first-order valence-corrected chi connectivity index (χ1v) is 19.6. The van der Waals surface area contributed by atoms with E-state index < -0.39 is 102 Å². The van der Waals surface area contributed by atoms with Crippen LogP contribution in [0.4, 0.5) is 0 Å². The number of hydrogen-bond donors (Lipinski definition) is 13. The van der Waals surface area contributed by atoms with E-state index in [1.54, 1.807) is 0 Å². The van der Waals surface area contributed by atoms with Gasteiger partial charge >= 0.3 is 45.6 Å². The maximum atomic E-state index is 12.6. The summed E-state index contributed by atoms with van der Waals surface area (Å²) in [6.07, 6.45) is 0. The van der Waals surface area contributed by atoms with Crippen molar-refractivity contribution >= 4 is 45.6 Å². The second-order valence-corrected chi connectivity index (χ2v) is 20.1. The Balaban J connectivity index is 6.69. The molecule has 2 unspecified atom stereocenters. The largest absolute Gasteiger partial charge is 0.632 e. The number of hydrogen-bond acceptors (Lipinski definition) is 9. The molecule has 0 bridgehead atoms. The maximum Gasteiger partial charge on any atom is 0.395 e. The van der Waals surface area contributed by atoms with Gasteiger partial charge in [0, 0.05) is 0 Å². The number of hydroxylamine groups is 7. The molecule has 0 aromatic heterocycles. The van der Waals surface area contributed by atoms with Crippen molar-refractivity contribution in [2.45, 2.75) is 16.6 Å². The van der Waals surface area contributed by atoms with Gasteiger partial charge in [-0.2, -0.15) is 0 Å². The van der Waals surface area contributed by atoms with E-state index in [0.717, 1.165) is 0 Å². The molecule has 0 amide bonds. The first-order chi connectivity index (χ1) is 16.5. The fraction of sp³-hybridized carbons (Fsp3) is 1.00. The van der Waals surface area contributed by atoms with Gasteiger partial charge in [0.2, 0.25) is 0 Å². The molecular weight excluding hydrogens is 672 g/mol. The van der Waals surface area contributed by atoms with Crippen LogP contribution in [-0.2, 0) is 27.4 Å². The summed E-state index contributed by atoms with van der Waals surface area (Å²) in [7, 11) is -36.5. The summed E-state index contributed by atoms with van der Waals surface area (Å²) in [6.45, 7) is -6.56. The molecule has 0 saturated carbocycles. The number of likely N-dealkylation sites (N-methyl/N-ethyl adjacent to an activating group) is 2. The lowest BCUT2D eigenvalue weighted by molar-refractivity contribution is -1.09. The molecule has 0 rings (SSSR count). The van der Waals surface area contributed by atoms with Crippen molar-refractivity contribution in [3.63, 3.8) is 0 Å². The predicted molar refractivity (Wildman–Crippen MR) is 124 cm³/mol. The highest BCUT2D eigenvalue weighted by molar-refractivity contribution is 7.72. The molecule has 0 heterocycles. The van der Waals surface area contributed by atoms with Gasteiger partial charge in [-0.1, -0.05) is 0 Å². The lowest BCUT2D eigenvalue weighted by Crippen LogP contribution is -2.62. The van der Waals surface area contributed by atoms with Gasteiger partial charge in [-0.05, 0) is 0 Å². The molecule has 0 saturated heterocycles. The van der Waals surface area contributed by atoms with Gasteiger partial charge in [-0.15, -0.1) is 0 Å². The lowest BCUT2D eigenvalue weighted by Gasteiger charge is -2.48. The van der Waals surface area contributed by atoms with Crippen molar-refractivity contribution in [3.8, 4) is 0 Å². The van der Waals surface area contributed by atoms with Crippen LogP contribution in [0.15, 0.2) is 0 Å². The number of nitrogens with zero attached hydrogens (tertiary/aromatic N) is 3. The third-order valence-corrected chi connectivity index (χ3v) is 17.3. The molecule has 0 aromatic rings. The Hall–Kier alpha value is 0.660. The highest BCUT2D eigenvalue weighted by Crippen LogP contribution is 2.71. The highest BCUT2D eigenvalue weighted by atomic mass is 31.2. The van der Waals surface area contributed by atoms with Gasteiger partial charge in [-0.25, -0.2) is 10.0 Å². The molecular formula is C9H30N3O21P6+. The molecule has 30 heteroatoms. The molecule has 0 radical (unpaired) electrons. The van der Waals surface area contributed by atoms with Crippen molar-refractivity contribution in [1.29, 1.82) is 0 Å². The highest BCUT2D eigenvalue weighted by Gasteiger charge is 2.68. The minimum atomic E-state index is -6.28. The minimum Gasteiger partial charge on any atom is -0.632 e. The van der Waals surface area contributed by atoms with Gasteiger partial charge < -0.3 is 73.8 Å². The van der Waals surface area contributed by atoms with Crippen LogP contribution >= 0.6 is 45.6 Å². The molecule has 2 atom stereocenters. The molecule has 24 nitrogen and oxygen atoms in total. The zero-order valence-electron chi connectivity index (χ0n) is 19.7. The van der Waals surface area contributed by atoms with Crippen LogP contribution in [0.1, 0.15) is 0 Å². The van der Waals surface area contributed by atoms with Gasteiger partial charge in [0.1, 0.15) is 13.1 Å². The number of rotatable bonds is 15. The van der Waals surface area contributed by atoms with Gasteiger partial charge in [-0.3, -0.25) is 31.9 Å². The first kappa shape index (κ1) is 39.7. The Morgan fingerprint density at radius 2 is 0.718 bits per heavy atom. The number of quaternary nitrogens is 3. The lowest BCUT2D eigenvalue weighted by atomic mass is 10.4. The van der Waals surface area contributed by atoms with E-state index in [-0.39, 0.29) is 14.1 Å². The van der Waals surface area contributed by atoms with Gasteiger partial charge in [0.15, 0.2) is 13.1 Å². The van der Waals surface area contributed by atoms with Crippen LogP contribution in [0.5, 0.6) is 0 Å². The molecule has 236 valence electrons. The van der Waals surface area contributed by atoms with Crippen LogP contribution in [0.3, 0.4) is 0 Å². The fourth-order valence-electron chi connectivity index (χ4n) is 3.90. The average molecular weight is 702 g/mol. The van der Waals surface area contributed by atoms with Crippen molar-refractivity contribution in [2.75, 3.05) is 40.3 Å². The van der Waals surface area contributed by atoms with E-state index in [1.807, 2.05) is 0 Å². The summed E-state index contributed by atoms with van der Waals surface area (Å²) in [6, 6.07) is 0. The van der Waals surface area contributed by atoms with Crippen molar-refractivity contribution in [3.05, 3.63) is 10.4 Å². The molecule has 0 aromatic carbocycles. The van der Waals surface area contributed by atoms with Crippen molar-refractivity contribution in [1.82, 2.24) is 0 Å². The Morgan fingerprint density at radius 3 is 0.949 bits per heavy atom. The van der Waals surface area contributed by atoms with E-state index in [9.17, 15) is 102 Å². The maximum absolute atomic E-state index is 12.6. The quantitative estimate of drug-likeness (QED) is 0.0459. The molecule has 0 aliphatic rings. The van der Waals surface area contributed by atoms with E-state index >= 15 is 0 Å². The zero-order chi connectivity index (χ0) is 32.1. The van der Waals surface area contributed by atoms with Crippen molar-refractivity contribution in [2.24, 2.45) is 0 Å². The monoisotopic (exact) mass is 702 g/mol. The van der Waals surface area contributed by atoms with E-state index in [2.05, 4.69) is 0 Å². The summed E-state index contributed by atoms with van der Waals surface area (Å²) >= 11 is 0. The second-order valence-electron chi connectivity index (χ2n) is 8.84. The summed E-state index contributed by atoms with van der Waals surface area (Å²) in [4.78, 5) is 110. The topological polar surface area (TPSA) is 412 Å². The van der Waals surface area contributed by atoms with E-state index in [1.165, 1.54) is 0 Å². The Kier molecular flexibility index (Phi) is 12.2. The van der Waals surface area contributed by atoms with Gasteiger partial charge in [0.25, 0.3) is 16.6 Å². The third kappa shape index (κ3) is 11.0. The van der Waals surface area contributed by atoms with Crippen LogP contribution in [-0.4, -0.2) is 135 Å². The van der Waals surface area contributed by atoms with E-state index in [0.29, 0.717) is 0 Å². The standard InChI is InChI=1S/C9H29N3O21P6/c1-10(7(34(16,17)18)35(19,20)21,8(36(22,23)24)37(25,26)27)3-5-12(14,15)6-4-11(2,13)9(38(28,29)30)39(31,32)33/h7-9,14H,3-6H2,1-2H3,(H11-,16,17,18,19,20,21,22,23,24,25,26,27,28,29,30,31,32,33)/p+1. The predicted octanol–water partition coefficient (Wildman–Crippen LogP) is -3.00. The Labute approximate surface area is 218 Å².